The zero-order valence-corrected chi connectivity index (χ0v) is 20.6. The van der Waals surface area contributed by atoms with E-state index in [0.29, 0.717) is 11.3 Å². The molecule has 1 N–H and O–H groups in total. The van der Waals surface area contributed by atoms with Crippen molar-refractivity contribution in [1.82, 2.24) is 0 Å². The Hall–Kier alpha value is -3.15. The number of benzene rings is 3. The number of hydrogen-bond donors (Lipinski definition) is 1. The van der Waals surface area contributed by atoms with Gasteiger partial charge in [-0.05, 0) is 62.2 Å². The molecule has 0 spiro atoms. The van der Waals surface area contributed by atoms with Crippen LogP contribution in [-0.2, 0) is 6.42 Å². The Morgan fingerprint density at radius 2 is 1.74 bits per heavy atom. The summed E-state index contributed by atoms with van der Waals surface area (Å²) in [6, 6.07) is 17.6. The minimum atomic E-state index is -0.445. The molecule has 3 aromatic carbocycles. The average molecular weight is 495 g/mol. The molecule has 0 fully saturated rings. The Labute approximate surface area is 208 Å². The van der Waals surface area contributed by atoms with Crippen molar-refractivity contribution in [1.29, 1.82) is 0 Å². The Balaban J connectivity index is 1.57. The normalized spacial score (nSPS) is 14.1. The lowest BCUT2D eigenvalue weighted by Gasteiger charge is -2.29. The number of ether oxygens (including phenoxy) is 1. The molecule has 7 heteroatoms. The predicted molar refractivity (Wildman–Crippen MR) is 137 cm³/mol. The minimum absolute atomic E-state index is 0.0999. The molecule has 34 heavy (non-hydrogen) atoms. The first kappa shape index (κ1) is 24.0. The number of halogens is 2. The highest BCUT2D eigenvalue weighted by molar-refractivity contribution is 6.40. The van der Waals surface area contributed by atoms with Crippen molar-refractivity contribution in [2.75, 3.05) is 12.4 Å². The molecule has 1 amide bonds. The number of ketones is 1. The first-order chi connectivity index (χ1) is 16.2. The molecule has 0 unspecified atom stereocenters. The van der Waals surface area contributed by atoms with Crippen LogP contribution in [0.15, 0.2) is 65.7 Å². The van der Waals surface area contributed by atoms with Crippen LogP contribution in [0.3, 0.4) is 0 Å². The summed E-state index contributed by atoms with van der Waals surface area (Å²) in [7, 11) is 1.62. The maximum absolute atomic E-state index is 13.2. The van der Waals surface area contributed by atoms with Crippen LogP contribution in [0.4, 0.5) is 5.69 Å². The van der Waals surface area contributed by atoms with E-state index in [9.17, 15) is 9.59 Å². The molecular weight excluding hydrogens is 471 g/mol. The van der Waals surface area contributed by atoms with E-state index < -0.39 is 5.91 Å². The van der Waals surface area contributed by atoms with Crippen molar-refractivity contribution in [3.05, 3.63) is 93.0 Å². The monoisotopic (exact) mass is 494 g/mol. The highest BCUT2D eigenvalue weighted by Crippen LogP contribution is 2.31. The zero-order valence-electron chi connectivity index (χ0n) is 19.1. The van der Waals surface area contributed by atoms with Crippen LogP contribution < -0.4 is 10.1 Å². The van der Waals surface area contributed by atoms with E-state index in [1.807, 2.05) is 18.2 Å². The number of nitrogens with zero attached hydrogens (tertiary/aromatic N) is 1. The molecule has 174 valence electrons. The standard InChI is InChI=1S/C27H24Cl2N2O3/c1-27(2)15-17-10-11-19(34-3)13-20(17)23(31-27)14-24(32)16-6-4-7-18(12-16)30-26(33)25-21(28)8-5-9-22(25)29/h4-13H,14-15H2,1-3H3,(H,30,33). The number of carbonyl (C=O) groups is 2. The second kappa shape index (κ2) is 9.61. The number of hydrogen-bond acceptors (Lipinski definition) is 4. The molecule has 1 aliphatic rings. The molecule has 0 saturated carbocycles. The van der Waals surface area contributed by atoms with Crippen molar-refractivity contribution in [2.45, 2.75) is 32.2 Å². The molecule has 1 aliphatic heterocycles. The molecule has 0 saturated heterocycles. The van der Waals surface area contributed by atoms with Gasteiger partial charge in [-0.3, -0.25) is 14.6 Å². The van der Waals surface area contributed by atoms with E-state index in [1.165, 1.54) is 0 Å². The van der Waals surface area contributed by atoms with E-state index in [1.54, 1.807) is 49.6 Å². The number of carbonyl (C=O) groups excluding carboxylic acids is 2. The zero-order chi connectivity index (χ0) is 24.5. The van der Waals surface area contributed by atoms with Gasteiger partial charge >= 0.3 is 0 Å². The number of aliphatic imine (C=N–C) groups is 1. The fourth-order valence-corrected chi connectivity index (χ4v) is 4.67. The van der Waals surface area contributed by atoms with Gasteiger partial charge in [0.25, 0.3) is 5.91 Å². The highest BCUT2D eigenvalue weighted by atomic mass is 35.5. The predicted octanol–water partition coefficient (Wildman–Crippen LogP) is 6.65. The number of nitrogens with one attached hydrogen (secondary N) is 1. The molecular formula is C27H24Cl2N2O3. The van der Waals surface area contributed by atoms with Gasteiger partial charge in [-0.1, -0.05) is 47.5 Å². The molecule has 1 heterocycles. The average Bonchev–Trinajstić information content (AvgIpc) is 2.78. The van der Waals surface area contributed by atoms with Crippen molar-refractivity contribution in [3.8, 4) is 5.75 Å². The van der Waals surface area contributed by atoms with Gasteiger partial charge in [0, 0.05) is 16.8 Å². The Morgan fingerprint density at radius 3 is 2.44 bits per heavy atom. The summed E-state index contributed by atoms with van der Waals surface area (Å²) < 4.78 is 5.38. The lowest BCUT2D eigenvalue weighted by Crippen LogP contribution is -2.30. The van der Waals surface area contributed by atoms with Crippen molar-refractivity contribution in [2.24, 2.45) is 4.99 Å². The van der Waals surface area contributed by atoms with Gasteiger partial charge in [0.15, 0.2) is 5.78 Å². The van der Waals surface area contributed by atoms with E-state index in [4.69, 9.17) is 32.9 Å². The topological polar surface area (TPSA) is 67.8 Å². The maximum Gasteiger partial charge on any atom is 0.258 e. The number of anilines is 1. The van der Waals surface area contributed by atoms with Crippen LogP contribution in [0.2, 0.25) is 10.0 Å². The second-order valence-electron chi connectivity index (χ2n) is 8.80. The number of fused-ring (bicyclic) bond motifs is 1. The molecule has 0 radical (unpaired) electrons. The van der Waals surface area contributed by atoms with Gasteiger partial charge in [-0.15, -0.1) is 0 Å². The van der Waals surface area contributed by atoms with Crippen molar-refractivity contribution < 1.29 is 14.3 Å². The van der Waals surface area contributed by atoms with Crippen LogP contribution in [0.25, 0.3) is 0 Å². The maximum atomic E-state index is 13.2. The third-order valence-corrected chi connectivity index (χ3v) is 6.28. The van der Waals surface area contributed by atoms with Gasteiger partial charge < -0.3 is 10.1 Å². The Kier molecular flexibility index (Phi) is 6.78. The molecule has 0 bridgehead atoms. The molecule has 0 atom stereocenters. The molecule has 0 aromatic heterocycles. The van der Waals surface area contributed by atoms with Crippen LogP contribution >= 0.6 is 23.2 Å². The smallest absolute Gasteiger partial charge is 0.258 e. The molecule has 5 nitrogen and oxygen atoms in total. The van der Waals surface area contributed by atoms with E-state index in [2.05, 4.69) is 19.2 Å². The summed E-state index contributed by atoms with van der Waals surface area (Å²) in [5.74, 6) is 0.179. The first-order valence-corrected chi connectivity index (χ1v) is 11.6. The fourth-order valence-electron chi connectivity index (χ4n) is 4.10. The van der Waals surface area contributed by atoms with Crippen molar-refractivity contribution in [3.63, 3.8) is 0 Å². The van der Waals surface area contributed by atoms with E-state index >= 15 is 0 Å². The summed E-state index contributed by atoms with van der Waals surface area (Å²) in [4.78, 5) is 30.8. The van der Waals surface area contributed by atoms with Gasteiger partial charge in [0.2, 0.25) is 0 Å². The Morgan fingerprint density at radius 1 is 1.03 bits per heavy atom. The van der Waals surface area contributed by atoms with Crippen LogP contribution in [0.1, 0.15) is 52.1 Å². The lowest BCUT2D eigenvalue weighted by molar-refractivity contribution is 0.0996. The Bertz CT molecular complexity index is 1290. The molecule has 4 rings (SSSR count). The third-order valence-electron chi connectivity index (χ3n) is 5.65. The first-order valence-electron chi connectivity index (χ1n) is 10.8. The van der Waals surface area contributed by atoms with Gasteiger partial charge in [-0.2, -0.15) is 0 Å². The number of methoxy groups -OCH3 is 1. The van der Waals surface area contributed by atoms with Crippen LogP contribution in [-0.4, -0.2) is 30.1 Å². The SMILES string of the molecule is COc1ccc2c(c1)C(CC(=O)c1cccc(NC(=O)c3c(Cl)cccc3Cl)c1)=NC(C)(C)C2. The number of Topliss-reactive ketones (excluding diaryl/α,β-unsaturated/α-hetero) is 1. The summed E-state index contributed by atoms with van der Waals surface area (Å²) in [6.07, 6.45) is 0.924. The van der Waals surface area contributed by atoms with Crippen molar-refractivity contribution >= 4 is 46.3 Å². The van der Waals surface area contributed by atoms with Gasteiger partial charge in [0.1, 0.15) is 5.75 Å². The van der Waals surface area contributed by atoms with E-state index in [0.717, 1.165) is 29.0 Å². The summed E-state index contributed by atoms with van der Waals surface area (Å²) in [6.45, 7) is 4.11. The minimum Gasteiger partial charge on any atom is -0.497 e. The molecule has 0 aliphatic carbocycles. The van der Waals surface area contributed by atoms with Crippen LogP contribution in [0, 0.1) is 0 Å². The third kappa shape index (κ3) is 5.16. The fraction of sp³-hybridized carbons (Fsp3) is 0.222. The van der Waals surface area contributed by atoms with Crippen LogP contribution in [0.5, 0.6) is 5.75 Å². The molecule has 3 aromatic rings. The largest absolute Gasteiger partial charge is 0.497 e. The van der Waals surface area contributed by atoms with Gasteiger partial charge in [0.05, 0.1) is 40.4 Å². The quantitative estimate of drug-likeness (QED) is 0.390. The summed E-state index contributed by atoms with van der Waals surface area (Å²) in [5.41, 5.74) is 3.63. The van der Waals surface area contributed by atoms with Gasteiger partial charge in [-0.25, -0.2) is 0 Å². The summed E-state index contributed by atoms with van der Waals surface area (Å²) in [5, 5.41) is 3.28. The number of rotatable bonds is 6. The highest BCUT2D eigenvalue weighted by Gasteiger charge is 2.28. The lowest BCUT2D eigenvalue weighted by atomic mass is 9.85. The number of amides is 1. The second-order valence-corrected chi connectivity index (χ2v) is 9.62. The summed E-state index contributed by atoms with van der Waals surface area (Å²) >= 11 is 12.3. The van der Waals surface area contributed by atoms with E-state index in [-0.39, 0.29) is 33.4 Å².